The monoisotopic (exact) mass is 314 g/mol. The lowest BCUT2D eigenvalue weighted by Crippen LogP contribution is -2.32. The fourth-order valence-electron chi connectivity index (χ4n) is 3.33. The number of nitrogens with zero attached hydrogens (tertiary/aromatic N) is 2. The minimum Gasteiger partial charge on any atom is -0.477 e. The van der Waals surface area contributed by atoms with E-state index in [1.807, 2.05) is 12.3 Å². The molecule has 0 N–H and O–H groups in total. The fraction of sp³-hybridized carbons (Fsp3) is 0.579. The van der Waals surface area contributed by atoms with Crippen LogP contribution in [-0.2, 0) is 4.79 Å². The van der Waals surface area contributed by atoms with Gasteiger partial charge in [0.15, 0.2) is 0 Å². The lowest BCUT2D eigenvalue weighted by molar-refractivity contribution is -0.111. The third kappa shape index (κ3) is 4.41. The van der Waals surface area contributed by atoms with Crippen molar-refractivity contribution in [3.63, 3.8) is 0 Å². The number of ether oxygens (including phenoxy) is 1. The Morgan fingerprint density at radius 3 is 2.74 bits per heavy atom. The second-order valence-electron chi connectivity index (χ2n) is 6.84. The van der Waals surface area contributed by atoms with Crippen LogP contribution in [0.5, 0.6) is 5.88 Å². The zero-order chi connectivity index (χ0) is 16.1. The molecule has 1 saturated heterocycles. The first-order valence-electron chi connectivity index (χ1n) is 8.66. The molecule has 4 heteroatoms. The number of hydrogen-bond acceptors (Lipinski definition) is 4. The van der Waals surface area contributed by atoms with Crippen LogP contribution in [0.1, 0.15) is 37.7 Å². The van der Waals surface area contributed by atoms with E-state index in [0.29, 0.717) is 5.92 Å². The standard InChI is InChI=1S/C19H26N2O2/c1-21-10-8-16(9-11-21)14-23-19-7-6-18(12-20-19)17-4-2-15(13-22)3-5-17/h4,6-7,12-13,15-16H,2-3,5,8-11,14H2,1H3. The average molecular weight is 314 g/mol. The molecule has 1 atom stereocenters. The number of carbonyl (C=O) groups excluding carboxylic acids is 1. The maximum atomic E-state index is 10.8. The SMILES string of the molecule is CN1CCC(COc2ccc(C3=CCC(C=O)CC3)cn2)CC1. The van der Waals surface area contributed by atoms with Gasteiger partial charge in [-0.1, -0.05) is 6.08 Å². The number of piperidine rings is 1. The first-order valence-corrected chi connectivity index (χ1v) is 8.66. The maximum Gasteiger partial charge on any atom is 0.213 e. The van der Waals surface area contributed by atoms with E-state index in [2.05, 4.69) is 29.1 Å². The molecule has 0 bridgehead atoms. The van der Waals surface area contributed by atoms with Crippen LogP contribution < -0.4 is 4.74 Å². The molecule has 0 aromatic carbocycles. The van der Waals surface area contributed by atoms with E-state index in [4.69, 9.17) is 4.74 Å². The predicted molar refractivity (Wildman–Crippen MR) is 91.3 cm³/mol. The second kappa shape index (κ2) is 7.73. The first-order chi connectivity index (χ1) is 11.2. The summed E-state index contributed by atoms with van der Waals surface area (Å²) in [5, 5.41) is 0. The fourth-order valence-corrected chi connectivity index (χ4v) is 3.33. The van der Waals surface area contributed by atoms with Crippen molar-refractivity contribution < 1.29 is 9.53 Å². The summed E-state index contributed by atoms with van der Waals surface area (Å²) >= 11 is 0. The van der Waals surface area contributed by atoms with Crippen molar-refractivity contribution in [2.45, 2.75) is 32.1 Å². The van der Waals surface area contributed by atoms with Gasteiger partial charge in [0.25, 0.3) is 0 Å². The summed E-state index contributed by atoms with van der Waals surface area (Å²) in [5.74, 6) is 1.56. The Morgan fingerprint density at radius 1 is 1.30 bits per heavy atom. The molecule has 23 heavy (non-hydrogen) atoms. The Bertz CT molecular complexity index is 545. The van der Waals surface area contributed by atoms with E-state index in [-0.39, 0.29) is 5.92 Å². The van der Waals surface area contributed by atoms with E-state index in [1.54, 1.807) is 0 Å². The molecular weight excluding hydrogens is 288 g/mol. The lowest BCUT2D eigenvalue weighted by atomic mass is 9.88. The predicted octanol–water partition coefficient (Wildman–Crippen LogP) is 3.18. The molecule has 1 aromatic heterocycles. The Hall–Kier alpha value is -1.68. The topological polar surface area (TPSA) is 42.4 Å². The van der Waals surface area contributed by atoms with Crippen molar-refractivity contribution in [1.82, 2.24) is 9.88 Å². The zero-order valence-electron chi connectivity index (χ0n) is 13.9. The van der Waals surface area contributed by atoms with E-state index in [1.165, 1.54) is 18.4 Å². The van der Waals surface area contributed by atoms with Gasteiger partial charge in [-0.3, -0.25) is 0 Å². The van der Waals surface area contributed by atoms with Crippen molar-refractivity contribution in [1.29, 1.82) is 0 Å². The van der Waals surface area contributed by atoms with Crippen molar-refractivity contribution in [3.05, 3.63) is 30.0 Å². The van der Waals surface area contributed by atoms with Gasteiger partial charge in [0, 0.05) is 18.2 Å². The summed E-state index contributed by atoms with van der Waals surface area (Å²) in [6.07, 6.45) is 10.3. The molecule has 1 unspecified atom stereocenters. The van der Waals surface area contributed by atoms with Gasteiger partial charge >= 0.3 is 0 Å². The molecule has 1 aromatic rings. The van der Waals surface area contributed by atoms with Gasteiger partial charge in [0.1, 0.15) is 6.29 Å². The number of hydrogen-bond donors (Lipinski definition) is 0. The van der Waals surface area contributed by atoms with Gasteiger partial charge in [-0.25, -0.2) is 4.98 Å². The molecular formula is C19H26N2O2. The van der Waals surface area contributed by atoms with Gasteiger partial charge in [-0.2, -0.15) is 0 Å². The highest BCUT2D eigenvalue weighted by atomic mass is 16.5. The molecule has 4 nitrogen and oxygen atoms in total. The third-order valence-electron chi connectivity index (χ3n) is 5.06. The summed E-state index contributed by atoms with van der Waals surface area (Å²) in [6, 6.07) is 4.06. The Balaban J connectivity index is 1.51. The molecule has 2 aliphatic rings. The number of carbonyl (C=O) groups is 1. The van der Waals surface area contributed by atoms with Gasteiger partial charge in [0.2, 0.25) is 5.88 Å². The molecule has 1 aliphatic carbocycles. The average Bonchev–Trinajstić information content (AvgIpc) is 2.62. The molecule has 0 radical (unpaired) electrons. The third-order valence-corrected chi connectivity index (χ3v) is 5.06. The first kappa shape index (κ1) is 16.2. The molecule has 0 saturated carbocycles. The summed E-state index contributed by atoms with van der Waals surface area (Å²) < 4.78 is 5.86. The van der Waals surface area contributed by atoms with Gasteiger partial charge < -0.3 is 14.4 Å². The lowest BCUT2D eigenvalue weighted by Gasteiger charge is -2.28. The van der Waals surface area contributed by atoms with Crippen LogP contribution in [0, 0.1) is 11.8 Å². The largest absolute Gasteiger partial charge is 0.477 e. The van der Waals surface area contributed by atoms with E-state index < -0.39 is 0 Å². The van der Waals surface area contributed by atoms with Crippen molar-refractivity contribution in [3.8, 4) is 5.88 Å². The van der Waals surface area contributed by atoms with Crippen LogP contribution in [0.3, 0.4) is 0 Å². The molecule has 0 spiro atoms. The molecule has 3 rings (SSSR count). The number of rotatable bonds is 5. The zero-order valence-corrected chi connectivity index (χ0v) is 13.9. The van der Waals surface area contributed by atoms with Gasteiger partial charge in [0.05, 0.1) is 6.61 Å². The van der Waals surface area contributed by atoms with Crippen molar-refractivity contribution >= 4 is 11.9 Å². The highest BCUT2D eigenvalue weighted by Crippen LogP contribution is 2.29. The maximum absolute atomic E-state index is 10.8. The quantitative estimate of drug-likeness (QED) is 0.783. The summed E-state index contributed by atoms with van der Waals surface area (Å²) in [6.45, 7) is 3.09. The minimum atomic E-state index is 0.198. The number of likely N-dealkylation sites (tertiary alicyclic amines) is 1. The van der Waals surface area contributed by atoms with E-state index >= 15 is 0 Å². The molecule has 0 amide bonds. The van der Waals surface area contributed by atoms with Crippen LogP contribution >= 0.6 is 0 Å². The van der Waals surface area contributed by atoms with Crippen LogP contribution in [0.15, 0.2) is 24.4 Å². The van der Waals surface area contributed by atoms with Crippen LogP contribution in [0.25, 0.3) is 5.57 Å². The van der Waals surface area contributed by atoms with Gasteiger partial charge in [-0.05, 0) is 75.4 Å². The highest BCUT2D eigenvalue weighted by Gasteiger charge is 2.18. The number of aromatic nitrogens is 1. The molecule has 2 heterocycles. The summed E-state index contributed by atoms with van der Waals surface area (Å²) in [7, 11) is 2.18. The van der Waals surface area contributed by atoms with Crippen LogP contribution in [0.2, 0.25) is 0 Å². The van der Waals surface area contributed by atoms with E-state index in [0.717, 1.165) is 56.7 Å². The molecule has 124 valence electrons. The molecule has 1 fully saturated rings. The minimum absolute atomic E-state index is 0.198. The second-order valence-corrected chi connectivity index (χ2v) is 6.84. The van der Waals surface area contributed by atoms with E-state index in [9.17, 15) is 4.79 Å². The van der Waals surface area contributed by atoms with Gasteiger partial charge in [-0.15, -0.1) is 0 Å². The Kier molecular flexibility index (Phi) is 5.44. The smallest absolute Gasteiger partial charge is 0.213 e. The highest BCUT2D eigenvalue weighted by molar-refractivity contribution is 5.68. The summed E-state index contributed by atoms with van der Waals surface area (Å²) in [5.41, 5.74) is 2.46. The number of aldehydes is 1. The van der Waals surface area contributed by atoms with Crippen LogP contribution in [-0.4, -0.2) is 42.9 Å². The van der Waals surface area contributed by atoms with Crippen molar-refractivity contribution in [2.24, 2.45) is 11.8 Å². The molecule has 1 aliphatic heterocycles. The normalized spacial score (nSPS) is 23.3. The number of pyridine rings is 1. The summed E-state index contributed by atoms with van der Waals surface area (Å²) in [4.78, 5) is 17.6. The van der Waals surface area contributed by atoms with Crippen molar-refractivity contribution in [2.75, 3.05) is 26.7 Å². The van der Waals surface area contributed by atoms with Crippen LogP contribution in [0.4, 0.5) is 0 Å². The Morgan fingerprint density at radius 2 is 2.13 bits per heavy atom. The number of allylic oxidation sites excluding steroid dienone is 2. The Labute approximate surface area is 138 Å².